The fraction of sp³-hybridized carbons (Fsp3) is 0.412. The van der Waals surface area contributed by atoms with Gasteiger partial charge in [-0.2, -0.15) is 4.37 Å². The maximum Gasteiger partial charge on any atom is 0.256 e. The minimum atomic E-state index is -0.113. The van der Waals surface area contributed by atoms with Crippen LogP contribution in [0.25, 0.3) is 0 Å². The molecule has 2 rings (SSSR count). The molecule has 0 saturated carbocycles. The first kappa shape index (κ1) is 17.3. The van der Waals surface area contributed by atoms with Crippen LogP contribution in [0.5, 0.6) is 5.75 Å². The van der Waals surface area contributed by atoms with Crippen LogP contribution in [0.15, 0.2) is 24.3 Å². The zero-order valence-corrected chi connectivity index (χ0v) is 14.6. The molecule has 2 N–H and O–H groups in total. The quantitative estimate of drug-likeness (QED) is 0.725. The maximum atomic E-state index is 12.4. The molecule has 0 saturated heterocycles. The SMILES string of the molecule is CCCCOc1cccc(CNC(=O)c2c(C)nsc2NC)c1. The minimum Gasteiger partial charge on any atom is -0.494 e. The lowest BCUT2D eigenvalue weighted by atomic mass is 10.2. The summed E-state index contributed by atoms with van der Waals surface area (Å²) in [6.07, 6.45) is 2.15. The number of rotatable bonds is 8. The van der Waals surface area contributed by atoms with Crippen molar-refractivity contribution in [1.82, 2.24) is 9.69 Å². The number of benzene rings is 1. The van der Waals surface area contributed by atoms with Gasteiger partial charge in [0.1, 0.15) is 10.8 Å². The standard InChI is InChI=1S/C17H23N3O2S/c1-4-5-9-22-14-8-6-7-13(10-14)11-19-16(21)15-12(2)20-23-17(15)18-3/h6-8,10,18H,4-5,9,11H2,1-3H3,(H,19,21). The second-order valence-electron chi connectivity index (χ2n) is 5.25. The Bertz CT molecular complexity index is 655. The number of hydrogen-bond donors (Lipinski definition) is 2. The molecule has 5 nitrogen and oxygen atoms in total. The van der Waals surface area contributed by atoms with Crippen molar-refractivity contribution in [3.63, 3.8) is 0 Å². The topological polar surface area (TPSA) is 63.2 Å². The molecule has 6 heteroatoms. The van der Waals surface area contributed by atoms with Gasteiger partial charge >= 0.3 is 0 Å². The lowest BCUT2D eigenvalue weighted by Gasteiger charge is -2.09. The lowest BCUT2D eigenvalue weighted by molar-refractivity contribution is 0.0951. The van der Waals surface area contributed by atoms with E-state index in [9.17, 15) is 4.79 Å². The van der Waals surface area contributed by atoms with Crippen molar-refractivity contribution in [2.24, 2.45) is 0 Å². The van der Waals surface area contributed by atoms with Gasteiger partial charge in [-0.1, -0.05) is 25.5 Å². The van der Waals surface area contributed by atoms with Crippen LogP contribution >= 0.6 is 11.5 Å². The first-order valence-electron chi connectivity index (χ1n) is 7.79. The summed E-state index contributed by atoms with van der Waals surface area (Å²) in [5, 5.41) is 6.74. The molecule has 2 aromatic rings. The molecule has 0 aliphatic rings. The molecule has 1 aromatic carbocycles. The van der Waals surface area contributed by atoms with Crippen LogP contribution in [-0.4, -0.2) is 23.9 Å². The van der Waals surface area contributed by atoms with Crippen molar-refractivity contribution in [2.45, 2.75) is 33.2 Å². The number of aryl methyl sites for hydroxylation is 1. The van der Waals surface area contributed by atoms with E-state index in [0.717, 1.165) is 41.5 Å². The minimum absolute atomic E-state index is 0.113. The Morgan fingerprint density at radius 2 is 2.22 bits per heavy atom. The number of nitrogens with one attached hydrogen (secondary N) is 2. The van der Waals surface area contributed by atoms with Crippen LogP contribution in [0.1, 0.15) is 41.4 Å². The molecule has 1 aromatic heterocycles. The van der Waals surface area contributed by atoms with Gasteiger partial charge in [0.15, 0.2) is 0 Å². The van der Waals surface area contributed by atoms with Gasteiger partial charge in [0, 0.05) is 13.6 Å². The summed E-state index contributed by atoms with van der Waals surface area (Å²) in [5.41, 5.74) is 2.38. The zero-order valence-electron chi connectivity index (χ0n) is 13.8. The number of amides is 1. The second kappa shape index (κ2) is 8.53. The number of hydrogen-bond acceptors (Lipinski definition) is 5. The molecule has 0 atom stereocenters. The fourth-order valence-corrected chi connectivity index (χ4v) is 2.90. The zero-order chi connectivity index (χ0) is 16.7. The van der Waals surface area contributed by atoms with E-state index in [0.29, 0.717) is 12.1 Å². The van der Waals surface area contributed by atoms with Crippen molar-refractivity contribution in [3.8, 4) is 5.75 Å². The molecule has 124 valence electrons. The Morgan fingerprint density at radius 3 is 2.96 bits per heavy atom. The highest BCUT2D eigenvalue weighted by Crippen LogP contribution is 2.23. The first-order valence-corrected chi connectivity index (χ1v) is 8.57. The molecule has 0 fully saturated rings. The van der Waals surface area contributed by atoms with Crippen LogP contribution in [0.2, 0.25) is 0 Å². The summed E-state index contributed by atoms with van der Waals surface area (Å²) in [4.78, 5) is 12.4. The van der Waals surface area contributed by atoms with E-state index in [1.165, 1.54) is 11.5 Å². The summed E-state index contributed by atoms with van der Waals surface area (Å²) in [6, 6.07) is 7.82. The van der Waals surface area contributed by atoms with E-state index >= 15 is 0 Å². The molecule has 0 spiro atoms. The number of nitrogens with zero attached hydrogens (tertiary/aromatic N) is 1. The van der Waals surface area contributed by atoms with Crippen LogP contribution < -0.4 is 15.4 Å². The van der Waals surface area contributed by atoms with E-state index in [1.807, 2.05) is 31.2 Å². The molecule has 0 bridgehead atoms. The molecular weight excluding hydrogens is 310 g/mol. The van der Waals surface area contributed by atoms with Crippen LogP contribution in [0, 0.1) is 6.92 Å². The third-order valence-corrected chi connectivity index (χ3v) is 4.39. The Balaban J connectivity index is 1.96. The number of carbonyl (C=O) groups is 1. The summed E-state index contributed by atoms with van der Waals surface area (Å²) >= 11 is 1.30. The second-order valence-corrected chi connectivity index (χ2v) is 6.03. The Kier molecular flexibility index (Phi) is 6.40. The monoisotopic (exact) mass is 333 g/mol. The van der Waals surface area contributed by atoms with Crippen molar-refractivity contribution in [2.75, 3.05) is 19.0 Å². The van der Waals surface area contributed by atoms with Crippen LogP contribution in [-0.2, 0) is 6.54 Å². The van der Waals surface area contributed by atoms with E-state index in [4.69, 9.17) is 4.74 Å². The average Bonchev–Trinajstić information content (AvgIpc) is 2.94. The molecule has 1 heterocycles. The molecular formula is C17H23N3O2S. The molecule has 0 radical (unpaired) electrons. The Hall–Kier alpha value is -2.08. The van der Waals surface area contributed by atoms with Crippen molar-refractivity contribution in [3.05, 3.63) is 41.1 Å². The van der Waals surface area contributed by atoms with Crippen molar-refractivity contribution in [1.29, 1.82) is 0 Å². The highest BCUT2D eigenvalue weighted by atomic mass is 32.1. The predicted octanol–water partition coefficient (Wildman–Crippen LogP) is 3.60. The number of ether oxygens (including phenoxy) is 1. The number of carbonyl (C=O) groups excluding carboxylic acids is 1. The van der Waals surface area contributed by atoms with E-state index < -0.39 is 0 Å². The van der Waals surface area contributed by atoms with E-state index in [-0.39, 0.29) is 5.91 Å². The van der Waals surface area contributed by atoms with Gasteiger partial charge in [-0.25, -0.2) is 0 Å². The fourth-order valence-electron chi connectivity index (χ4n) is 2.16. The lowest BCUT2D eigenvalue weighted by Crippen LogP contribution is -2.23. The van der Waals surface area contributed by atoms with Crippen molar-refractivity contribution < 1.29 is 9.53 Å². The van der Waals surface area contributed by atoms with Gasteiger partial charge < -0.3 is 15.4 Å². The number of anilines is 1. The van der Waals surface area contributed by atoms with Gasteiger partial charge in [-0.05, 0) is 42.6 Å². The highest BCUT2D eigenvalue weighted by Gasteiger charge is 2.17. The summed E-state index contributed by atoms with van der Waals surface area (Å²) in [5.74, 6) is 0.729. The Labute approximate surface area is 141 Å². The number of aromatic nitrogens is 1. The van der Waals surface area contributed by atoms with Gasteiger partial charge in [0.2, 0.25) is 0 Å². The third-order valence-electron chi connectivity index (χ3n) is 3.43. The normalized spacial score (nSPS) is 10.4. The highest BCUT2D eigenvalue weighted by molar-refractivity contribution is 7.10. The summed E-state index contributed by atoms with van der Waals surface area (Å²) in [7, 11) is 1.79. The molecule has 23 heavy (non-hydrogen) atoms. The summed E-state index contributed by atoms with van der Waals surface area (Å²) in [6.45, 7) is 5.16. The molecule has 0 aliphatic carbocycles. The smallest absolute Gasteiger partial charge is 0.256 e. The van der Waals surface area contributed by atoms with E-state index in [2.05, 4.69) is 21.9 Å². The predicted molar refractivity (Wildman–Crippen MR) is 94.4 cm³/mol. The first-order chi connectivity index (χ1) is 11.2. The van der Waals surface area contributed by atoms with Crippen molar-refractivity contribution >= 4 is 22.4 Å². The van der Waals surface area contributed by atoms with Gasteiger partial charge in [-0.3, -0.25) is 4.79 Å². The molecule has 1 amide bonds. The Morgan fingerprint density at radius 1 is 1.39 bits per heavy atom. The van der Waals surface area contributed by atoms with Gasteiger partial charge in [-0.15, -0.1) is 0 Å². The maximum absolute atomic E-state index is 12.4. The average molecular weight is 333 g/mol. The number of unbranched alkanes of at least 4 members (excludes halogenated alkanes) is 1. The van der Waals surface area contributed by atoms with Crippen LogP contribution in [0.3, 0.4) is 0 Å². The van der Waals surface area contributed by atoms with Gasteiger partial charge in [0.05, 0.1) is 17.9 Å². The largest absolute Gasteiger partial charge is 0.494 e. The van der Waals surface area contributed by atoms with Gasteiger partial charge in [0.25, 0.3) is 5.91 Å². The summed E-state index contributed by atoms with van der Waals surface area (Å²) < 4.78 is 9.91. The molecule has 0 unspecified atom stereocenters. The molecule has 0 aliphatic heterocycles. The third kappa shape index (κ3) is 4.69. The van der Waals surface area contributed by atoms with E-state index in [1.54, 1.807) is 7.05 Å². The van der Waals surface area contributed by atoms with Crippen LogP contribution in [0.4, 0.5) is 5.00 Å².